The standard InChI is InChI=1S/C9H13O4P/c1-9(14(11,12-2)13-3)7-5-4-6-8(9)10/h4-7H,1-3H3. The van der Waals surface area contributed by atoms with Crippen LogP contribution in [0.1, 0.15) is 6.92 Å². The van der Waals surface area contributed by atoms with Crippen LogP contribution in [-0.2, 0) is 18.4 Å². The third kappa shape index (κ3) is 1.50. The van der Waals surface area contributed by atoms with E-state index >= 15 is 0 Å². The van der Waals surface area contributed by atoms with Crippen molar-refractivity contribution in [3.05, 3.63) is 24.3 Å². The molecule has 0 aromatic carbocycles. The van der Waals surface area contributed by atoms with Crippen LogP contribution >= 0.6 is 7.60 Å². The first-order chi connectivity index (χ1) is 6.50. The molecule has 14 heavy (non-hydrogen) atoms. The van der Waals surface area contributed by atoms with Gasteiger partial charge in [0.1, 0.15) is 5.16 Å². The van der Waals surface area contributed by atoms with Gasteiger partial charge in [-0.3, -0.25) is 9.36 Å². The number of carbonyl (C=O) groups is 1. The Morgan fingerprint density at radius 2 is 1.86 bits per heavy atom. The molecule has 0 aromatic heterocycles. The van der Waals surface area contributed by atoms with E-state index in [0.717, 1.165) is 0 Å². The normalized spacial score (nSPS) is 26.9. The van der Waals surface area contributed by atoms with E-state index in [1.54, 1.807) is 25.2 Å². The summed E-state index contributed by atoms with van der Waals surface area (Å²) in [6.07, 6.45) is 6.17. The summed E-state index contributed by atoms with van der Waals surface area (Å²) in [5.74, 6) is -0.271. The fourth-order valence-electron chi connectivity index (χ4n) is 1.32. The van der Waals surface area contributed by atoms with Crippen molar-refractivity contribution in [2.75, 3.05) is 14.2 Å². The van der Waals surface area contributed by atoms with E-state index in [4.69, 9.17) is 9.05 Å². The molecule has 0 heterocycles. The van der Waals surface area contributed by atoms with Crippen LogP contribution in [0.25, 0.3) is 0 Å². The van der Waals surface area contributed by atoms with E-state index in [1.807, 2.05) is 0 Å². The number of carbonyl (C=O) groups excluding carboxylic acids is 1. The van der Waals surface area contributed by atoms with Crippen molar-refractivity contribution in [1.29, 1.82) is 0 Å². The quantitative estimate of drug-likeness (QED) is 0.676. The van der Waals surface area contributed by atoms with Gasteiger partial charge in [-0.25, -0.2) is 0 Å². The van der Waals surface area contributed by atoms with Crippen molar-refractivity contribution in [3.8, 4) is 0 Å². The Morgan fingerprint density at radius 3 is 2.29 bits per heavy atom. The van der Waals surface area contributed by atoms with Crippen molar-refractivity contribution in [3.63, 3.8) is 0 Å². The van der Waals surface area contributed by atoms with Crippen LogP contribution in [0.2, 0.25) is 0 Å². The Bertz CT molecular complexity index is 337. The molecule has 1 rings (SSSR count). The first-order valence-electron chi connectivity index (χ1n) is 4.12. The molecular weight excluding hydrogens is 203 g/mol. The smallest absolute Gasteiger partial charge is 0.311 e. The number of ketones is 1. The molecule has 0 spiro atoms. The number of hydrogen-bond acceptors (Lipinski definition) is 4. The Morgan fingerprint density at radius 1 is 1.29 bits per heavy atom. The molecule has 4 nitrogen and oxygen atoms in total. The van der Waals surface area contributed by atoms with Crippen molar-refractivity contribution in [2.45, 2.75) is 12.1 Å². The molecule has 5 heteroatoms. The summed E-state index contributed by atoms with van der Waals surface area (Å²) in [7, 11) is -0.867. The van der Waals surface area contributed by atoms with Crippen molar-refractivity contribution in [1.82, 2.24) is 0 Å². The van der Waals surface area contributed by atoms with E-state index in [1.165, 1.54) is 20.3 Å². The summed E-state index contributed by atoms with van der Waals surface area (Å²) in [4.78, 5) is 11.6. The second-order valence-electron chi connectivity index (χ2n) is 3.09. The zero-order chi connectivity index (χ0) is 10.8. The van der Waals surface area contributed by atoms with Crippen LogP contribution in [0.4, 0.5) is 0 Å². The molecule has 0 aromatic rings. The maximum absolute atomic E-state index is 12.1. The number of hydrogen-bond donors (Lipinski definition) is 0. The van der Waals surface area contributed by atoms with Gasteiger partial charge in [-0.15, -0.1) is 0 Å². The molecule has 0 fully saturated rings. The Labute approximate surface area is 83.1 Å². The van der Waals surface area contributed by atoms with Gasteiger partial charge in [-0.2, -0.15) is 0 Å². The van der Waals surface area contributed by atoms with Gasteiger partial charge in [-0.1, -0.05) is 18.2 Å². The highest BCUT2D eigenvalue weighted by atomic mass is 31.2. The summed E-state index contributed by atoms with van der Waals surface area (Å²) in [5, 5.41) is -1.20. The summed E-state index contributed by atoms with van der Waals surface area (Å²) in [6.45, 7) is 1.54. The van der Waals surface area contributed by atoms with Crippen LogP contribution in [-0.4, -0.2) is 25.2 Å². The largest absolute Gasteiger partial charge is 0.347 e. The lowest BCUT2D eigenvalue weighted by molar-refractivity contribution is -0.116. The molecule has 0 saturated heterocycles. The SMILES string of the molecule is COP(=O)(OC)C1(C)C=CC=CC1=O. The molecule has 0 saturated carbocycles. The molecular formula is C9H13O4P. The van der Waals surface area contributed by atoms with Gasteiger partial charge >= 0.3 is 7.60 Å². The molecule has 1 atom stereocenters. The van der Waals surface area contributed by atoms with Crippen LogP contribution in [0.5, 0.6) is 0 Å². The lowest BCUT2D eigenvalue weighted by Crippen LogP contribution is -2.34. The van der Waals surface area contributed by atoms with Gasteiger partial charge in [0.05, 0.1) is 0 Å². The van der Waals surface area contributed by atoms with Gasteiger partial charge in [0.25, 0.3) is 0 Å². The van der Waals surface area contributed by atoms with Crippen molar-refractivity contribution < 1.29 is 18.4 Å². The summed E-state index contributed by atoms with van der Waals surface area (Å²) in [6, 6.07) is 0. The van der Waals surface area contributed by atoms with Crippen LogP contribution in [0.15, 0.2) is 24.3 Å². The molecule has 1 aliphatic carbocycles. The maximum atomic E-state index is 12.1. The molecule has 1 aliphatic rings. The third-order valence-corrected chi connectivity index (χ3v) is 4.80. The second-order valence-corrected chi connectivity index (χ2v) is 5.75. The number of allylic oxidation sites excluding steroid dienone is 4. The molecule has 0 amide bonds. The lowest BCUT2D eigenvalue weighted by atomic mass is 10.0. The zero-order valence-electron chi connectivity index (χ0n) is 8.39. The predicted octanol–water partition coefficient (Wildman–Crippen LogP) is 1.93. The summed E-state index contributed by atoms with van der Waals surface area (Å²) < 4.78 is 21.7. The van der Waals surface area contributed by atoms with Crippen LogP contribution in [0, 0.1) is 0 Å². The topological polar surface area (TPSA) is 52.6 Å². The summed E-state index contributed by atoms with van der Waals surface area (Å²) >= 11 is 0. The predicted molar refractivity (Wildman–Crippen MR) is 53.3 cm³/mol. The van der Waals surface area contributed by atoms with Gasteiger partial charge < -0.3 is 9.05 Å². The second kappa shape index (κ2) is 3.81. The fraction of sp³-hybridized carbons (Fsp3) is 0.444. The van der Waals surface area contributed by atoms with Crippen molar-refractivity contribution in [2.24, 2.45) is 0 Å². The minimum atomic E-state index is -3.41. The third-order valence-electron chi connectivity index (χ3n) is 2.33. The fourth-order valence-corrected chi connectivity index (χ4v) is 2.84. The van der Waals surface area contributed by atoms with E-state index in [-0.39, 0.29) is 5.78 Å². The highest BCUT2D eigenvalue weighted by Gasteiger charge is 2.49. The van der Waals surface area contributed by atoms with E-state index in [9.17, 15) is 9.36 Å². The highest BCUT2D eigenvalue weighted by molar-refractivity contribution is 7.57. The average Bonchev–Trinajstić information content (AvgIpc) is 2.21. The van der Waals surface area contributed by atoms with Crippen molar-refractivity contribution >= 4 is 13.4 Å². The van der Waals surface area contributed by atoms with Gasteiger partial charge in [0.2, 0.25) is 0 Å². The Hall–Kier alpha value is -0.700. The van der Waals surface area contributed by atoms with E-state index < -0.39 is 12.8 Å². The summed E-state index contributed by atoms with van der Waals surface area (Å²) in [5.41, 5.74) is 0. The van der Waals surface area contributed by atoms with Crippen LogP contribution in [0.3, 0.4) is 0 Å². The minimum absolute atomic E-state index is 0.271. The van der Waals surface area contributed by atoms with Gasteiger partial charge in [0, 0.05) is 14.2 Å². The Kier molecular flexibility index (Phi) is 3.10. The molecule has 0 radical (unpaired) electrons. The maximum Gasteiger partial charge on any atom is 0.347 e. The lowest BCUT2D eigenvalue weighted by Gasteiger charge is -2.30. The first-order valence-corrected chi connectivity index (χ1v) is 5.66. The Balaban J connectivity index is 3.18. The van der Waals surface area contributed by atoms with E-state index in [0.29, 0.717) is 0 Å². The van der Waals surface area contributed by atoms with Gasteiger partial charge in [0.15, 0.2) is 5.78 Å². The average molecular weight is 216 g/mol. The van der Waals surface area contributed by atoms with E-state index in [2.05, 4.69) is 0 Å². The van der Waals surface area contributed by atoms with Gasteiger partial charge in [-0.05, 0) is 13.0 Å². The first kappa shape index (κ1) is 11.4. The molecule has 0 aliphatic heterocycles. The molecule has 78 valence electrons. The molecule has 1 unspecified atom stereocenters. The highest BCUT2D eigenvalue weighted by Crippen LogP contribution is 2.60. The minimum Gasteiger partial charge on any atom is -0.311 e. The number of rotatable bonds is 3. The zero-order valence-corrected chi connectivity index (χ0v) is 9.28. The molecule has 0 N–H and O–H groups in total. The van der Waals surface area contributed by atoms with Crippen LogP contribution < -0.4 is 0 Å². The molecule has 0 bridgehead atoms. The monoisotopic (exact) mass is 216 g/mol.